The number of amides is 2. The Kier molecular flexibility index (Phi) is 4.87. The second kappa shape index (κ2) is 7.61. The molecule has 2 amide bonds. The van der Waals surface area contributed by atoms with Crippen LogP contribution in [0.5, 0.6) is 0 Å². The van der Waals surface area contributed by atoms with Crippen LogP contribution in [0.1, 0.15) is 41.6 Å². The first-order chi connectivity index (χ1) is 13.2. The summed E-state index contributed by atoms with van der Waals surface area (Å²) in [5.41, 5.74) is 4.36. The molecule has 0 spiro atoms. The fourth-order valence-electron chi connectivity index (χ4n) is 3.66. The number of hydrogen-bond acceptors (Lipinski definition) is 4. The Balaban J connectivity index is 1.50. The van der Waals surface area contributed by atoms with Gasteiger partial charge in [-0.3, -0.25) is 14.6 Å². The molecule has 1 unspecified atom stereocenters. The quantitative estimate of drug-likeness (QED) is 0.890. The van der Waals surface area contributed by atoms with Gasteiger partial charge >= 0.3 is 0 Å². The predicted molar refractivity (Wildman–Crippen MR) is 101 cm³/mol. The van der Waals surface area contributed by atoms with Gasteiger partial charge in [-0.2, -0.15) is 5.11 Å². The number of carbonyl (C=O) groups is 2. The van der Waals surface area contributed by atoms with Crippen LogP contribution in [-0.4, -0.2) is 22.8 Å². The largest absolute Gasteiger partial charge is 0.322 e. The third-order valence-electron chi connectivity index (χ3n) is 5.02. The summed E-state index contributed by atoms with van der Waals surface area (Å²) in [7, 11) is 0. The van der Waals surface area contributed by atoms with Gasteiger partial charge in [0.15, 0.2) is 0 Å². The van der Waals surface area contributed by atoms with E-state index in [4.69, 9.17) is 0 Å². The van der Waals surface area contributed by atoms with Gasteiger partial charge in [0.05, 0.1) is 6.04 Å². The SMILES string of the molecule is O=C1N=NC(Cc2cccc(NC(=O)c3ccncc3)c2)C2=C1CCCC2. The highest BCUT2D eigenvalue weighted by Gasteiger charge is 2.28. The number of rotatable bonds is 4. The Morgan fingerprint density at radius 3 is 2.78 bits per heavy atom. The molecule has 1 aliphatic heterocycles. The molecule has 1 aliphatic carbocycles. The Labute approximate surface area is 157 Å². The summed E-state index contributed by atoms with van der Waals surface area (Å²) in [4.78, 5) is 28.2. The Morgan fingerprint density at radius 1 is 1.11 bits per heavy atom. The van der Waals surface area contributed by atoms with Gasteiger partial charge in [0.1, 0.15) is 0 Å². The van der Waals surface area contributed by atoms with Crippen LogP contribution in [0.2, 0.25) is 0 Å². The fourth-order valence-corrected chi connectivity index (χ4v) is 3.66. The van der Waals surface area contributed by atoms with Crippen molar-refractivity contribution < 1.29 is 9.59 Å². The summed E-state index contributed by atoms with van der Waals surface area (Å²) < 4.78 is 0. The maximum Gasteiger partial charge on any atom is 0.291 e. The van der Waals surface area contributed by atoms with Crippen molar-refractivity contribution in [3.8, 4) is 0 Å². The number of hydrogen-bond donors (Lipinski definition) is 1. The number of pyridine rings is 1. The summed E-state index contributed by atoms with van der Waals surface area (Å²) in [6.45, 7) is 0. The van der Waals surface area contributed by atoms with Crippen molar-refractivity contribution in [1.29, 1.82) is 0 Å². The zero-order valence-electron chi connectivity index (χ0n) is 14.9. The first-order valence-electron chi connectivity index (χ1n) is 9.18. The van der Waals surface area contributed by atoms with E-state index in [1.54, 1.807) is 24.5 Å². The van der Waals surface area contributed by atoms with Gasteiger partial charge < -0.3 is 5.32 Å². The Bertz CT molecular complexity index is 934. The highest BCUT2D eigenvalue weighted by atomic mass is 16.2. The summed E-state index contributed by atoms with van der Waals surface area (Å²) in [5.74, 6) is -0.339. The number of benzene rings is 1. The minimum absolute atomic E-state index is 0.0795. The van der Waals surface area contributed by atoms with Crippen LogP contribution in [0.25, 0.3) is 0 Å². The molecule has 1 atom stereocenters. The van der Waals surface area contributed by atoms with Gasteiger partial charge in [0, 0.05) is 35.6 Å². The van der Waals surface area contributed by atoms with Crippen LogP contribution < -0.4 is 5.32 Å². The van der Waals surface area contributed by atoms with Crippen molar-refractivity contribution in [1.82, 2.24) is 4.98 Å². The fraction of sp³-hybridized carbons (Fsp3) is 0.286. The number of nitrogens with zero attached hydrogens (tertiary/aromatic N) is 3. The average molecular weight is 360 g/mol. The summed E-state index contributed by atoms with van der Waals surface area (Å²) in [6.07, 6.45) is 7.74. The molecule has 4 rings (SSSR count). The number of anilines is 1. The molecule has 6 heteroatoms. The summed E-state index contributed by atoms with van der Waals surface area (Å²) in [6, 6.07) is 11.0. The lowest BCUT2D eigenvalue weighted by atomic mass is 9.84. The van der Waals surface area contributed by atoms with E-state index in [1.165, 1.54) is 0 Å². The molecule has 0 radical (unpaired) electrons. The van der Waals surface area contributed by atoms with Gasteiger partial charge in [-0.1, -0.05) is 12.1 Å². The molecule has 1 aromatic heterocycles. The van der Waals surface area contributed by atoms with E-state index >= 15 is 0 Å². The van der Waals surface area contributed by atoms with Gasteiger partial charge in [-0.25, -0.2) is 0 Å². The normalized spacial score (nSPS) is 19.0. The van der Waals surface area contributed by atoms with Crippen molar-refractivity contribution >= 4 is 17.5 Å². The Hall–Kier alpha value is -3.15. The minimum atomic E-state index is -0.172. The third-order valence-corrected chi connectivity index (χ3v) is 5.02. The molecule has 2 heterocycles. The van der Waals surface area contributed by atoms with Crippen LogP contribution in [0.15, 0.2) is 70.2 Å². The molecule has 0 saturated heterocycles. The second-order valence-electron chi connectivity index (χ2n) is 6.84. The van der Waals surface area contributed by atoms with E-state index in [9.17, 15) is 9.59 Å². The van der Waals surface area contributed by atoms with Gasteiger partial charge in [0.2, 0.25) is 0 Å². The van der Waals surface area contributed by atoms with E-state index < -0.39 is 0 Å². The molecular weight excluding hydrogens is 340 g/mol. The first kappa shape index (κ1) is 17.3. The number of carbonyl (C=O) groups excluding carboxylic acids is 2. The monoisotopic (exact) mass is 360 g/mol. The van der Waals surface area contributed by atoms with E-state index in [-0.39, 0.29) is 17.9 Å². The van der Waals surface area contributed by atoms with Gasteiger partial charge in [-0.05, 0) is 61.1 Å². The molecule has 0 bridgehead atoms. The lowest BCUT2D eigenvalue weighted by Gasteiger charge is -2.25. The van der Waals surface area contributed by atoms with Crippen LogP contribution in [0, 0.1) is 0 Å². The smallest absolute Gasteiger partial charge is 0.291 e. The number of nitrogens with one attached hydrogen (secondary N) is 1. The van der Waals surface area contributed by atoms with Gasteiger partial charge in [-0.15, -0.1) is 5.11 Å². The highest BCUT2D eigenvalue weighted by Crippen LogP contribution is 2.33. The molecule has 1 N–H and O–H groups in total. The molecule has 27 heavy (non-hydrogen) atoms. The topological polar surface area (TPSA) is 83.8 Å². The van der Waals surface area contributed by atoms with Crippen molar-refractivity contribution in [2.45, 2.75) is 38.1 Å². The minimum Gasteiger partial charge on any atom is -0.322 e. The standard InChI is InChI=1S/C21H20N4O2/c26-20(15-8-10-22-11-9-15)23-16-5-3-4-14(12-16)13-19-17-6-1-2-7-18(17)21(27)25-24-19/h3-5,8-12,19H,1-2,6-7,13H2,(H,23,26). The second-order valence-corrected chi connectivity index (χ2v) is 6.84. The van der Waals surface area contributed by atoms with Crippen molar-refractivity contribution in [2.75, 3.05) is 5.32 Å². The molecular formula is C21H20N4O2. The van der Waals surface area contributed by atoms with Gasteiger partial charge in [0.25, 0.3) is 11.8 Å². The Morgan fingerprint density at radius 2 is 1.93 bits per heavy atom. The summed E-state index contributed by atoms with van der Waals surface area (Å²) >= 11 is 0. The molecule has 6 nitrogen and oxygen atoms in total. The van der Waals surface area contributed by atoms with E-state index in [0.717, 1.165) is 48.1 Å². The number of aromatic nitrogens is 1. The molecule has 136 valence electrons. The maximum absolute atomic E-state index is 12.3. The van der Waals surface area contributed by atoms with Crippen LogP contribution in [-0.2, 0) is 11.2 Å². The van der Waals surface area contributed by atoms with Crippen LogP contribution >= 0.6 is 0 Å². The molecule has 0 saturated carbocycles. The predicted octanol–water partition coefficient (Wildman–Crippen LogP) is 4.11. The average Bonchev–Trinajstić information content (AvgIpc) is 2.71. The lowest BCUT2D eigenvalue weighted by Crippen LogP contribution is -2.23. The molecule has 1 aromatic carbocycles. The lowest BCUT2D eigenvalue weighted by molar-refractivity contribution is -0.115. The van der Waals surface area contributed by atoms with Crippen LogP contribution in [0.3, 0.4) is 0 Å². The molecule has 0 fully saturated rings. The van der Waals surface area contributed by atoms with E-state index in [1.807, 2.05) is 24.3 Å². The van der Waals surface area contributed by atoms with Crippen LogP contribution in [0.4, 0.5) is 5.69 Å². The van der Waals surface area contributed by atoms with E-state index in [0.29, 0.717) is 12.0 Å². The van der Waals surface area contributed by atoms with Crippen molar-refractivity contribution in [3.05, 3.63) is 71.1 Å². The maximum atomic E-state index is 12.3. The van der Waals surface area contributed by atoms with Crippen molar-refractivity contribution in [3.63, 3.8) is 0 Å². The highest BCUT2D eigenvalue weighted by molar-refractivity contribution is 6.04. The zero-order chi connectivity index (χ0) is 18.6. The molecule has 2 aliphatic rings. The van der Waals surface area contributed by atoms with E-state index in [2.05, 4.69) is 20.5 Å². The summed E-state index contributed by atoms with van der Waals surface area (Å²) in [5, 5.41) is 11.0. The number of azo groups is 1. The first-order valence-corrected chi connectivity index (χ1v) is 9.18. The van der Waals surface area contributed by atoms with Crippen molar-refractivity contribution in [2.24, 2.45) is 10.2 Å². The zero-order valence-corrected chi connectivity index (χ0v) is 14.9. The molecule has 2 aromatic rings. The third kappa shape index (κ3) is 3.84.